The number of nitrogens with zero attached hydrogens (tertiary/aromatic N) is 2. The van der Waals surface area contributed by atoms with Crippen LogP contribution in [0.2, 0.25) is 0 Å². The third-order valence-electron chi connectivity index (χ3n) is 4.74. The van der Waals surface area contributed by atoms with Crippen molar-refractivity contribution in [3.8, 4) is 17.1 Å². The van der Waals surface area contributed by atoms with Crippen LogP contribution in [0.25, 0.3) is 11.4 Å². The van der Waals surface area contributed by atoms with Crippen LogP contribution in [0.15, 0.2) is 47.0 Å². The topological polar surface area (TPSA) is 60.2 Å². The van der Waals surface area contributed by atoms with Gasteiger partial charge in [-0.1, -0.05) is 35.5 Å². The predicted molar refractivity (Wildman–Crippen MR) is 100.0 cm³/mol. The van der Waals surface area contributed by atoms with Gasteiger partial charge in [-0.3, -0.25) is 0 Å². The third-order valence-corrected chi connectivity index (χ3v) is 4.74. The molecule has 1 aliphatic rings. The molecule has 1 saturated heterocycles. The van der Waals surface area contributed by atoms with Crippen LogP contribution in [0, 0.1) is 13.8 Å². The lowest BCUT2D eigenvalue weighted by molar-refractivity contribution is 0.302. The molecule has 2 aromatic carbocycles. The van der Waals surface area contributed by atoms with Gasteiger partial charge >= 0.3 is 0 Å². The van der Waals surface area contributed by atoms with E-state index >= 15 is 0 Å². The summed E-state index contributed by atoms with van der Waals surface area (Å²) >= 11 is 0. The third kappa shape index (κ3) is 3.48. The van der Waals surface area contributed by atoms with E-state index in [1.165, 1.54) is 0 Å². The molecular weight excluding hydrogens is 326 g/mol. The van der Waals surface area contributed by atoms with E-state index in [9.17, 15) is 0 Å². The maximum atomic E-state index is 6.06. The number of aryl methyl sites for hydroxylation is 2. The summed E-state index contributed by atoms with van der Waals surface area (Å²) in [6, 6.07) is 14.5. The van der Waals surface area contributed by atoms with Crippen molar-refractivity contribution in [1.82, 2.24) is 15.5 Å². The molecular formula is C21H23N3O2. The Morgan fingerprint density at radius 1 is 1.15 bits per heavy atom. The van der Waals surface area contributed by atoms with E-state index in [4.69, 9.17) is 9.26 Å². The normalized spacial score (nSPS) is 16.8. The molecule has 1 aromatic heterocycles. The number of rotatable bonds is 5. The van der Waals surface area contributed by atoms with Gasteiger partial charge in [0.25, 0.3) is 0 Å². The van der Waals surface area contributed by atoms with E-state index in [2.05, 4.69) is 53.6 Å². The number of hydrogen-bond acceptors (Lipinski definition) is 5. The summed E-state index contributed by atoms with van der Waals surface area (Å²) in [6.07, 6.45) is 2.19. The summed E-state index contributed by atoms with van der Waals surface area (Å²) in [4.78, 5) is 4.59. The predicted octanol–water partition coefficient (Wildman–Crippen LogP) is 4.36. The van der Waals surface area contributed by atoms with Crippen LogP contribution in [-0.4, -0.2) is 16.7 Å². The Hall–Kier alpha value is -2.66. The molecule has 4 rings (SSSR count). The Morgan fingerprint density at radius 2 is 1.92 bits per heavy atom. The molecule has 0 bridgehead atoms. The van der Waals surface area contributed by atoms with Crippen molar-refractivity contribution in [3.63, 3.8) is 0 Å². The van der Waals surface area contributed by atoms with Gasteiger partial charge in [-0.15, -0.1) is 0 Å². The van der Waals surface area contributed by atoms with Gasteiger partial charge in [0.15, 0.2) is 0 Å². The van der Waals surface area contributed by atoms with E-state index in [1.807, 2.05) is 18.2 Å². The highest BCUT2D eigenvalue weighted by Gasteiger charge is 2.23. The Bertz CT molecular complexity index is 860. The summed E-state index contributed by atoms with van der Waals surface area (Å²) in [7, 11) is 0. The van der Waals surface area contributed by atoms with Crippen LogP contribution < -0.4 is 10.1 Å². The monoisotopic (exact) mass is 349 g/mol. The Labute approximate surface area is 153 Å². The van der Waals surface area contributed by atoms with Crippen molar-refractivity contribution in [3.05, 3.63) is 65.0 Å². The standard InChI is InChI=1S/C21H23N3O2/c1-14-11-17(20-23-21(26-24-20)18-9-6-10-22-18)12-15(2)19(14)25-13-16-7-4-3-5-8-16/h3-5,7-8,11-12,18,22H,6,9-10,13H2,1-2H3. The Morgan fingerprint density at radius 3 is 2.62 bits per heavy atom. The molecule has 0 amide bonds. The van der Waals surface area contributed by atoms with Crippen LogP contribution in [0.4, 0.5) is 0 Å². The Kier molecular flexibility index (Phi) is 4.71. The van der Waals surface area contributed by atoms with Gasteiger partial charge in [-0.25, -0.2) is 0 Å². The smallest absolute Gasteiger partial charge is 0.244 e. The SMILES string of the molecule is Cc1cc(-c2noc(C3CCCN3)n2)cc(C)c1OCc1ccccc1. The molecule has 2 heterocycles. The lowest BCUT2D eigenvalue weighted by Crippen LogP contribution is -2.12. The van der Waals surface area contributed by atoms with E-state index < -0.39 is 0 Å². The fraction of sp³-hybridized carbons (Fsp3) is 0.333. The minimum absolute atomic E-state index is 0.187. The largest absolute Gasteiger partial charge is 0.488 e. The second kappa shape index (κ2) is 7.30. The zero-order valence-electron chi connectivity index (χ0n) is 15.2. The first-order chi connectivity index (χ1) is 12.7. The maximum absolute atomic E-state index is 6.06. The number of ether oxygens (including phenoxy) is 1. The van der Waals surface area contributed by atoms with Crippen molar-refractivity contribution in [2.24, 2.45) is 0 Å². The minimum Gasteiger partial charge on any atom is -0.488 e. The summed E-state index contributed by atoms with van der Waals surface area (Å²) < 4.78 is 11.5. The van der Waals surface area contributed by atoms with E-state index in [0.29, 0.717) is 18.3 Å². The van der Waals surface area contributed by atoms with Crippen LogP contribution in [0.3, 0.4) is 0 Å². The molecule has 1 N–H and O–H groups in total. The molecule has 5 heteroatoms. The van der Waals surface area contributed by atoms with E-state index in [0.717, 1.165) is 47.4 Å². The summed E-state index contributed by atoms with van der Waals surface area (Å²) in [5.41, 5.74) is 4.25. The van der Waals surface area contributed by atoms with E-state index in [1.54, 1.807) is 0 Å². The molecule has 134 valence electrons. The van der Waals surface area contributed by atoms with E-state index in [-0.39, 0.29) is 6.04 Å². The lowest BCUT2D eigenvalue weighted by Gasteiger charge is -2.13. The molecule has 26 heavy (non-hydrogen) atoms. The fourth-order valence-corrected chi connectivity index (χ4v) is 3.43. The number of hydrogen-bond donors (Lipinski definition) is 1. The highest BCUT2D eigenvalue weighted by molar-refractivity contribution is 5.61. The molecule has 0 radical (unpaired) electrons. The molecule has 0 saturated carbocycles. The molecule has 3 aromatic rings. The first-order valence-corrected chi connectivity index (χ1v) is 9.06. The lowest BCUT2D eigenvalue weighted by atomic mass is 10.1. The van der Waals surface area contributed by atoms with Gasteiger partial charge in [0.1, 0.15) is 12.4 Å². The maximum Gasteiger partial charge on any atom is 0.244 e. The summed E-state index contributed by atoms with van der Waals surface area (Å²) in [6.45, 7) is 5.67. The van der Waals surface area contributed by atoms with Crippen LogP contribution in [0.1, 0.15) is 41.5 Å². The average molecular weight is 349 g/mol. The van der Waals surface area contributed by atoms with Gasteiger partial charge in [0, 0.05) is 5.56 Å². The molecule has 5 nitrogen and oxygen atoms in total. The summed E-state index contributed by atoms with van der Waals surface area (Å²) in [5.74, 6) is 2.23. The summed E-state index contributed by atoms with van der Waals surface area (Å²) in [5, 5.41) is 7.56. The number of nitrogens with one attached hydrogen (secondary N) is 1. The van der Waals surface area contributed by atoms with Gasteiger partial charge in [-0.05, 0) is 62.1 Å². The highest BCUT2D eigenvalue weighted by atomic mass is 16.5. The minimum atomic E-state index is 0.187. The fourth-order valence-electron chi connectivity index (χ4n) is 3.43. The molecule has 1 aliphatic heterocycles. The van der Waals surface area contributed by atoms with Crippen molar-refractivity contribution in [2.45, 2.75) is 39.3 Å². The number of benzene rings is 2. The van der Waals surface area contributed by atoms with Crippen LogP contribution in [-0.2, 0) is 6.61 Å². The van der Waals surface area contributed by atoms with Gasteiger partial charge < -0.3 is 14.6 Å². The zero-order valence-corrected chi connectivity index (χ0v) is 15.2. The number of aromatic nitrogens is 2. The molecule has 0 aliphatic carbocycles. The quantitative estimate of drug-likeness (QED) is 0.742. The van der Waals surface area contributed by atoms with Crippen molar-refractivity contribution >= 4 is 0 Å². The van der Waals surface area contributed by atoms with Crippen LogP contribution >= 0.6 is 0 Å². The Balaban J connectivity index is 1.53. The zero-order chi connectivity index (χ0) is 17.9. The second-order valence-electron chi connectivity index (χ2n) is 6.82. The molecule has 1 unspecified atom stereocenters. The molecule has 1 atom stereocenters. The van der Waals surface area contributed by atoms with Crippen molar-refractivity contribution < 1.29 is 9.26 Å². The first kappa shape index (κ1) is 16.8. The first-order valence-electron chi connectivity index (χ1n) is 9.06. The van der Waals surface area contributed by atoms with Crippen molar-refractivity contribution in [1.29, 1.82) is 0 Å². The van der Waals surface area contributed by atoms with Gasteiger partial charge in [0.2, 0.25) is 11.7 Å². The molecule has 0 spiro atoms. The second-order valence-corrected chi connectivity index (χ2v) is 6.82. The van der Waals surface area contributed by atoms with Gasteiger partial charge in [0.05, 0.1) is 6.04 Å². The van der Waals surface area contributed by atoms with Gasteiger partial charge in [-0.2, -0.15) is 4.98 Å². The molecule has 1 fully saturated rings. The highest BCUT2D eigenvalue weighted by Crippen LogP contribution is 2.31. The van der Waals surface area contributed by atoms with Crippen molar-refractivity contribution in [2.75, 3.05) is 6.54 Å². The average Bonchev–Trinajstić information content (AvgIpc) is 3.33. The van der Waals surface area contributed by atoms with Crippen LogP contribution in [0.5, 0.6) is 5.75 Å².